The number of nitrogens with one attached hydrogen (secondary N) is 1. The van der Waals surface area contributed by atoms with Crippen LogP contribution >= 0.6 is 0 Å². The molecule has 0 unspecified atom stereocenters. The van der Waals surface area contributed by atoms with E-state index < -0.39 is 5.91 Å². The first kappa shape index (κ1) is 21.5. The Morgan fingerprint density at radius 2 is 1.59 bits per heavy atom. The van der Waals surface area contributed by atoms with Gasteiger partial charge in [-0.15, -0.1) is 0 Å². The summed E-state index contributed by atoms with van der Waals surface area (Å²) in [5, 5.41) is 8.65. The fourth-order valence-electron chi connectivity index (χ4n) is 3.77. The predicted molar refractivity (Wildman–Crippen MR) is 126 cm³/mol. The van der Waals surface area contributed by atoms with E-state index in [0.717, 1.165) is 35.5 Å². The lowest BCUT2D eigenvalue weighted by atomic mass is 10.1. The lowest BCUT2D eigenvalue weighted by Crippen LogP contribution is -2.24. The summed E-state index contributed by atoms with van der Waals surface area (Å²) in [5.41, 5.74) is 6.86. The number of carbonyl (C=O) groups is 1. The first-order valence-corrected chi connectivity index (χ1v) is 10.5. The van der Waals surface area contributed by atoms with Crippen LogP contribution in [-0.4, -0.2) is 25.6 Å². The molecule has 0 saturated carbocycles. The maximum atomic E-state index is 11.3. The van der Waals surface area contributed by atoms with Crippen molar-refractivity contribution in [3.63, 3.8) is 0 Å². The molecule has 32 heavy (non-hydrogen) atoms. The SMILES string of the molecule is Cn1c(CN(Cc2ccccc2)Cc2ccccc2)nc2cc(C=CC(=O)NO)ccc21. The number of nitrogens with zero attached hydrogens (tertiary/aromatic N) is 3. The van der Waals surface area contributed by atoms with Gasteiger partial charge in [-0.25, -0.2) is 10.5 Å². The van der Waals surface area contributed by atoms with Crippen LogP contribution in [0.15, 0.2) is 84.9 Å². The van der Waals surface area contributed by atoms with Gasteiger partial charge in [0.05, 0.1) is 17.6 Å². The number of amides is 1. The second-order valence-corrected chi connectivity index (χ2v) is 7.76. The van der Waals surface area contributed by atoms with Crippen molar-refractivity contribution in [2.45, 2.75) is 19.6 Å². The Morgan fingerprint density at radius 3 is 2.19 bits per heavy atom. The highest BCUT2D eigenvalue weighted by molar-refractivity contribution is 5.91. The number of benzene rings is 3. The van der Waals surface area contributed by atoms with Gasteiger partial charge in [0.15, 0.2) is 0 Å². The molecule has 4 rings (SSSR count). The predicted octanol–water partition coefficient (Wildman–Crippen LogP) is 4.29. The van der Waals surface area contributed by atoms with Crippen LogP contribution < -0.4 is 5.48 Å². The summed E-state index contributed by atoms with van der Waals surface area (Å²) in [6, 6.07) is 26.8. The molecule has 1 heterocycles. The van der Waals surface area contributed by atoms with E-state index in [1.807, 2.05) is 37.4 Å². The number of aromatic nitrogens is 2. The van der Waals surface area contributed by atoms with Crippen LogP contribution in [0.1, 0.15) is 22.5 Å². The van der Waals surface area contributed by atoms with Gasteiger partial charge in [-0.05, 0) is 34.9 Å². The van der Waals surface area contributed by atoms with E-state index in [4.69, 9.17) is 10.2 Å². The maximum absolute atomic E-state index is 11.3. The molecule has 1 aromatic heterocycles. The van der Waals surface area contributed by atoms with Crippen molar-refractivity contribution < 1.29 is 10.0 Å². The summed E-state index contributed by atoms with van der Waals surface area (Å²) in [4.78, 5) is 18.5. The molecule has 3 aromatic carbocycles. The molecule has 162 valence electrons. The molecule has 2 N–H and O–H groups in total. The Balaban J connectivity index is 1.60. The molecule has 0 aliphatic heterocycles. The minimum absolute atomic E-state index is 0.565. The second kappa shape index (κ2) is 10.0. The van der Waals surface area contributed by atoms with Crippen LogP contribution in [0.4, 0.5) is 0 Å². The summed E-state index contributed by atoms with van der Waals surface area (Å²) in [6.45, 7) is 2.35. The molecule has 1 amide bonds. The lowest BCUT2D eigenvalue weighted by molar-refractivity contribution is -0.124. The van der Waals surface area contributed by atoms with Crippen molar-refractivity contribution in [2.75, 3.05) is 0 Å². The Bertz CT molecular complexity index is 1180. The van der Waals surface area contributed by atoms with Crippen molar-refractivity contribution in [1.82, 2.24) is 19.9 Å². The van der Waals surface area contributed by atoms with Crippen LogP contribution in [0.25, 0.3) is 17.1 Å². The Hall–Kier alpha value is -3.74. The smallest absolute Gasteiger partial charge is 0.267 e. The van der Waals surface area contributed by atoms with Gasteiger partial charge in [0.1, 0.15) is 5.82 Å². The number of hydrogen-bond acceptors (Lipinski definition) is 4. The van der Waals surface area contributed by atoms with Crippen LogP contribution in [0, 0.1) is 0 Å². The van der Waals surface area contributed by atoms with Gasteiger partial charge in [0.25, 0.3) is 5.91 Å². The zero-order valence-corrected chi connectivity index (χ0v) is 18.0. The largest absolute Gasteiger partial charge is 0.330 e. The van der Waals surface area contributed by atoms with Crippen molar-refractivity contribution in [3.8, 4) is 0 Å². The van der Waals surface area contributed by atoms with E-state index in [2.05, 4.69) is 58.0 Å². The number of imidazole rings is 1. The molecular weight excluding hydrogens is 400 g/mol. The number of hydroxylamine groups is 1. The third-order valence-corrected chi connectivity index (χ3v) is 5.40. The number of carbonyl (C=O) groups excluding carboxylic acids is 1. The van der Waals surface area contributed by atoms with Gasteiger partial charge >= 0.3 is 0 Å². The summed E-state index contributed by atoms with van der Waals surface area (Å²) in [7, 11) is 2.03. The topological polar surface area (TPSA) is 70.4 Å². The van der Waals surface area contributed by atoms with E-state index in [1.165, 1.54) is 17.2 Å². The maximum Gasteiger partial charge on any atom is 0.267 e. The van der Waals surface area contributed by atoms with Crippen LogP contribution in [-0.2, 0) is 31.5 Å². The summed E-state index contributed by atoms with van der Waals surface area (Å²) in [6.07, 6.45) is 2.93. The summed E-state index contributed by atoms with van der Waals surface area (Å²) < 4.78 is 2.12. The number of aryl methyl sites for hydroxylation is 1. The van der Waals surface area contributed by atoms with Crippen molar-refractivity contribution in [2.24, 2.45) is 7.05 Å². The van der Waals surface area contributed by atoms with Gasteiger partial charge < -0.3 is 4.57 Å². The third kappa shape index (κ3) is 5.29. The third-order valence-electron chi connectivity index (χ3n) is 5.40. The molecule has 0 bridgehead atoms. The summed E-state index contributed by atoms with van der Waals surface area (Å²) >= 11 is 0. The minimum atomic E-state index is -0.565. The minimum Gasteiger partial charge on any atom is -0.330 e. The molecule has 0 fully saturated rings. The molecule has 0 spiro atoms. The Morgan fingerprint density at radius 1 is 0.969 bits per heavy atom. The monoisotopic (exact) mass is 426 g/mol. The molecule has 0 aliphatic carbocycles. The fraction of sp³-hybridized carbons (Fsp3) is 0.154. The zero-order chi connectivity index (χ0) is 22.3. The first-order chi connectivity index (χ1) is 15.6. The lowest BCUT2D eigenvalue weighted by Gasteiger charge is -2.22. The van der Waals surface area contributed by atoms with Crippen molar-refractivity contribution in [1.29, 1.82) is 0 Å². The highest BCUT2D eigenvalue weighted by atomic mass is 16.5. The fourth-order valence-corrected chi connectivity index (χ4v) is 3.77. The molecule has 6 heteroatoms. The normalized spacial score (nSPS) is 11.5. The average Bonchev–Trinajstić information content (AvgIpc) is 3.13. The van der Waals surface area contributed by atoms with Crippen molar-refractivity contribution >= 4 is 23.0 Å². The van der Waals surface area contributed by atoms with E-state index in [-0.39, 0.29) is 0 Å². The molecule has 6 nitrogen and oxygen atoms in total. The number of fused-ring (bicyclic) bond motifs is 1. The molecule has 0 aliphatic rings. The van der Waals surface area contributed by atoms with Gasteiger partial charge in [0, 0.05) is 26.2 Å². The van der Waals surface area contributed by atoms with E-state index in [0.29, 0.717) is 6.54 Å². The quantitative estimate of drug-likeness (QED) is 0.250. The Labute approximate surface area is 187 Å². The van der Waals surface area contributed by atoms with Gasteiger partial charge in [-0.2, -0.15) is 0 Å². The highest BCUT2D eigenvalue weighted by Gasteiger charge is 2.14. The summed E-state index contributed by atoms with van der Waals surface area (Å²) in [5.74, 6) is 0.408. The van der Waals surface area contributed by atoms with Gasteiger partial charge in [-0.3, -0.25) is 14.9 Å². The van der Waals surface area contributed by atoms with E-state index >= 15 is 0 Å². The Kier molecular flexibility index (Phi) is 6.75. The average molecular weight is 427 g/mol. The van der Waals surface area contributed by atoms with Crippen LogP contribution in [0.3, 0.4) is 0 Å². The highest BCUT2D eigenvalue weighted by Crippen LogP contribution is 2.20. The number of hydrogen-bond donors (Lipinski definition) is 2. The molecule has 0 saturated heterocycles. The molecule has 0 radical (unpaired) electrons. The number of rotatable bonds is 8. The van der Waals surface area contributed by atoms with E-state index in [1.54, 1.807) is 11.6 Å². The molecular formula is C26H26N4O2. The van der Waals surface area contributed by atoms with Crippen LogP contribution in [0.2, 0.25) is 0 Å². The van der Waals surface area contributed by atoms with Gasteiger partial charge in [0.2, 0.25) is 0 Å². The van der Waals surface area contributed by atoms with Crippen LogP contribution in [0.5, 0.6) is 0 Å². The van der Waals surface area contributed by atoms with E-state index in [9.17, 15) is 4.79 Å². The molecule has 4 aromatic rings. The second-order valence-electron chi connectivity index (χ2n) is 7.76. The van der Waals surface area contributed by atoms with Gasteiger partial charge in [-0.1, -0.05) is 66.7 Å². The van der Waals surface area contributed by atoms with Crippen molar-refractivity contribution in [3.05, 3.63) is 107 Å². The first-order valence-electron chi connectivity index (χ1n) is 10.5. The standard InChI is InChI=1S/C26H26N4O2/c1-29-24-14-12-20(13-15-26(31)28-32)16-23(24)27-25(29)19-30(17-21-8-4-2-5-9-21)18-22-10-6-3-7-11-22/h2-16,32H,17-19H2,1H3,(H,28,31). The molecule has 0 atom stereocenters. The zero-order valence-electron chi connectivity index (χ0n) is 18.0.